The largest absolute Gasteiger partial charge is 1.00 e. The predicted octanol–water partition coefficient (Wildman–Crippen LogP) is -0.667. The van der Waals surface area contributed by atoms with Crippen molar-refractivity contribution in [2.75, 3.05) is 0 Å². The van der Waals surface area contributed by atoms with E-state index >= 15 is 0 Å². The molecule has 13 heavy (non-hydrogen) atoms. The summed E-state index contributed by atoms with van der Waals surface area (Å²) in [5.41, 5.74) is 1.33. The number of nitrogens with zero attached hydrogens (tertiary/aromatic N) is 1. The van der Waals surface area contributed by atoms with Crippen LogP contribution in [0.25, 0.3) is 0 Å². The molecule has 1 aromatic rings. The van der Waals surface area contributed by atoms with E-state index in [2.05, 4.69) is 49.9 Å². The normalized spacial score (nSPS) is 9.85. The smallest absolute Gasteiger partial charge is 0.171 e. The summed E-state index contributed by atoms with van der Waals surface area (Å²) < 4.78 is 2.26. The molecule has 0 aliphatic carbocycles. The van der Waals surface area contributed by atoms with Crippen LogP contribution in [-0.4, -0.2) is 0 Å². The van der Waals surface area contributed by atoms with Crippen LogP contribution < -0.4 is 17.0 Å². The highest BCUT2D eigenvalue weighted by Crippen LogP contribution is 1.98. The summed E-state index contributed by atoms with van der Waals surface area (Å²) in [6, 6.07) is 4.24. The first kappa shape index (κ1) is 12.4. The quantitative estimate of drug-likeness (QED) is 0.569. The van der Waals surface area contributed by atoms with E-state index in [9.17, 15) is 0 Å². The molecule has 0 amide bonds. The molecule has 0 bridgehead atoms. The standard InChI is InChI=1S/C11H18N.ClH/c1-10(2)6-8-12-7-4-5-11(3)9-12;/h4-5,7,9-10H,6,8H2,1-3H3;1H/q+1;/p-1. The van der Waals surface area contributed by atoms with Gasteiger partial charge in [-0.2, -0.15) is 0 Å². The van der Waals surface area contributed by atoms with Crippen LogP contribution in [-0.2, 0) is 6.54 Å². The van der Waals surface area contributed by atoms with Crippen molar-refractivity contribution in [3.8, 4) is 0 Å². The number of hydrogen-bond donors (Lipinski definition) is 0. The summed E-state index contributed by atoms with van der Waals surface area (Å²) >= 11 is 0. The molecule has 1 heterocycles. The summed E-state index contributed by atoms with van der Waals surface area (Å²) in [5.74, 6) is 0.790. The van der Waals surface area contributed by atoms with Gasteiger partial charge in [0.15, 0.2) is 12.4 Å². The zero-order valence-electron chi connectivity index (χ0n) is 8.63. The fraction of sp³-hybridized carbons (Fsp3) is 0.545. The highest BCUT2D eigenvalue weighted by molar-refractivity contribution is 5.01. The van der Waals surface area contributed by atoms with Crippen LogP contribution in [0.1, 0.15) is 25.8 Å². The summed E-state index contributed by atoms with van der Waals surface area (Å²) in [7, 11) is 0. The Morgan fingerprint density at radius 1 is 1.38 bits per heavy atom. The van der Waals surface area contributed by atoms with E-state index in [-0.39, 0.29) is 12.4 Å². The lowest BCUT2D eigenvalue weighted by atomic mass is 10.1. The Balaban J connectivity index is 0.00000144. The van der Waals surface area contributed by atoms with Crippen LogP contribution in [0.4, 0.5) is 0 Å². The van der Waals surface area contributed by atoms with E-state index in [1.807, 2.05) is 0 Å². The Hall–Kier alpha value is -0.560. The van der Waals surface area contributed by atoms with E-state index in [1.54, 1.807) is 0 Å². The van der Waals surface area contributed by atoms with Gasteiger partial charge in [-0.25, -0.2) is 4.57 Å². The van der Waals surface area contributed by atoms with Crippen LogP contribution >= 0.6 is 0 Å². The summed E-state index contributed by atoms with van der Waals surface area (Å²) in [6.45, 7) is 7.79. The maximum absolute atomic E-state index is 2.26. The van der Waals surface area contributed by atoms with Crippen LogP contribution in [0.2, 0.25) is 0 Å². The van der Waals surface area contributed by atoms with Gasteiger partial charge in [-0.3, -0.25) is 0 Å². The third kappa shape index (κ3) is 4.89. The monoisotopic (exact) mass is 199 g/mol. The molecule has 0 fully saturated rings. The van der Waals surface area contributed by atoms with E-state index in [0.717, 1.165) is 12.5 Å². The molecule has 0 saturated carbocycles. The van der Waals surface area contributed by atoms with E-state index in [1.165, 1.54) is 12.0 Å². The second-order valence-corrected chi connectivity index (χ2v) is 3.80. The lowest BCUT2D eigenvalue weighted by Crippen LogP contribution is -3.00. The van der Waals surface area contributed by atoms with Crippen molar-refractivity contribution in [2.24, 2.45) is 5.92 Å². The third-order valence-electron chi connectivity index (χ3n) is 1.97. The SMILES string of the molecule is Cc1ccc[n+](CCC(C)C)c1.[Cl-]. The molecular formula is C11H18ClN. The van der Waals surface area contributed by atoms with Gasteiger partial charge >= 0.3 is 0 Å². The highest BCUT2D eigenvalue weighted by Gasteiger charge is 2.01. The summed E-state index contributed by atoms with van der Waals surface area (Å²) in [5, 5.41) is 0. The molecule has 2 heteroatoms. The number of pyridine rings is 1. The molecule has 0 unspecified atom stereocenters. The second-order valence-electron chi connectivity index (χ2n) is 3.80. The summed E-state index contributed by atoms with van der Waals surface area (Å²) in [6.07, 6.45) is 5.59. The minimum Gasteiger partial charge on any atom is -1.00 e. The van der Waals surface area contributed by atoms with Crippen molar-refractivity contribution in [1.29, 1.82) is 0 Å². The van der Waals surface area contributed by atoms with Gasteiger partial charge in [0.1, 0.15) is 6.54 Å². The minimum absolute atomic E-state index is 0. The Labute approximate surface area is 87.2 Å². The molecule has 0 atom stereocenters. The third-order valence-corrected chi connectivity index (χ3v) is 1.97. The van der Waals surface area contributed by atoms with Gasteiger partial charge in [0.25, 0.3) is 0 Å². The number of aryl methyl sites for hydroxylation is 2. The van der Waals surface area contributed by atoms with Crippen molar-refractivity contribution in [3.05, 3.63) is 30.1 Å². The molecule has 0 saturated heterocycles. The van der Waals surface area contributed by atoms with Crippen molar-refractivity contribution in [1.82, 2.24) is 0 Å². The fourth-order valence-electron chi connectivity index (χ4n) is 1.20. The van der Waals surface area contributed by atoms with Crippen LogP contribution in [0, 0.1) is 12.8 Å². The topological polar surface area (TPSA) is 3.88 Å². The average molecular weight is 200 g/mol. The predicted molar refractivity (Wildman–Crippen MR) is 50.8 cm³/mol. The molecule has 74 valence electrons. The molecule has 0 N–H and O–H groups in total. The maximum atomic E-state index is 2.26. The van der Waals surface area contributed by atoms with Crippen LogP contribution in [0.3, 0.4) is 0 Å². The first-order valence-corrected chi connectivity index (χ1v) is 4.64. The molecule has 0 aliphatic heterocycles. The average Bonchev–Trinajstić information content (AvgIpc) is 2.01. The summed E-state index contributed by atoms with van der Waals surface area (Å²) in [4.78, 5) is 0. The Bertz CT molecular complexity index is 246. The van der Waals surface area contributed by atoms with Crippen molar-refractivity contribution in [2.45, 2.75) is 33.7 Å². The maximum Gasteiger partial charge on any atom is 0.171 e. The number of aromatic nitrogens is 1. The number of halogens is 1. The van der Waals surface area contributed by atoms with Gasteiger partial charge in [0.2, 0.25) is 0 Å². The van der Waals surface area contributed by atoms with Crippen molar-refractivity contribution >= 4 is 0 Å². The molecule has 0 aromatic carbocycles. The molecule has 0 aliphatic rings. The van der Waals surface area contributed by atoms with E-state index in [4.69, 9.17) is 0 Å². The zero-order valence-corrected chi connectivity index (χ0v) is 9.38. The highest BCUT2D eigenvalue weighted by atomic mass is 35.5. The Morgan fingerprint density at radius 3 is 2.62 bits per heavy atom. The second kappa shape index (κ2) is 5.98. The Morgan fingerprint density at radius 2 is 2.08 bits per heavy atom. The van der Waals surface area contributed by atoms with Gasteiger partial charge < -0.3 is 12.4 Å². The molecule has 1 rings (SSSR count). The number of rotatable bonds is 3. The minimum atomic E-state index is 0. The van der Waals surface area contributed by atoms with Gasteiger partial charge in [-0.1, -0.05) is 13.8 Å². The van der Waals surface area contributed by atoms with Gasteiger partial charge in [0, 0.05) is 18.1 Å². The van der Waals surface area contributed by atoms with Gasteiger partial charge in [0.05, 0.1) is 0 Å². The van der Waals surface area contributed by atoms with Crippen LogP contribution in [0.15, 0.2) is 24.5 Å². The molecule has 1 aromatic heterocycles. The zero-order chi connectivity index (χ0) is 8.97. The van der Waals surface area contributed by atoms with Gasteiger partial charge in [-0.05, 0) is 18.9 Å². The molecule has 1 nitrogen and oxygen atoms in total. The lowest BCUT2D eigenvalue weighted by Gasteiger charge is -2.00. The van der Waals surface area contributed by atoms with Gasteiger partial charge in [-0.15, -0.1) is 0 Å². The lowest BCUT2D eigenvalue weighted by molar-refractivity contribution is -0.698. The Kier molecular flexibility index (Phi) is 5.72. The van der Waals surface area contributed by atoms with Crippen molar-refractivity contribution in [3.63, 3.8) is 0 Å². The first-order chi connectivity index (χ1) is 5.68. The van der Waals surface area contributed by atoms with Crippen LogP contribution in [0.5, 0.6) is 0 Å². The first-order valence-electron chi connectivity index (χ1n) is 4.64. The number of hydrogen-bond acceptors (Lipinski definition) is 0. The molecule has 0 radical (unpaired) electrons. The molecular weight excluding hydrogens is 182 g/mol. The molecule has 0 spiro atoms. The van der Waals surface area contributed by atoms with Crippen molar-refractivity contribution < 1.29 is 17.0 Å². The fourth-order valence-corrected chi connectivity index (χ4v) is 1.20. The van der Waals surface area contributed by atoms with E-state index in [0.29, 0.717) is 0 Å². The van der Waals surface area contributed by atoms with E-state index < -0.39 is 0 Å².